The van der Waals surface area contributed by atoms with Crippen LogP contribution in [0.15, 0.2) is 41.0 Å². The molecule has 0 radical (unpaired) electrons. The van der Waals surface area contributed by atoms with Gasteiger partial charge in [-0.3, -0.25) is 0 Å². The maximum Gasteiger partial charge on any atom is 0.135 e. The van der Waals surface area contributed by atoms with E-state index in [2.05, 4.69) is 20.9 Å². The van der Waals surface area contributed by atoms with E-state index in [-0.39, 0.29) is 5.82 Å². The van der Waals surface area contributed by atoms with Crippen molar-refractivity contribution >= 4 is 27.4 Å². The number of pyridine rings is 1. The molecule has 0 atom stereocenters. The molecule has 1 aromatic carbocycles. The van der Waals surface area contributed by atoms with E-state index >= 15 is 0 Å². The molecule has 0 spiro atoms. The number of benzene rings is 1. The quantitative estimate of drug-likeness (QED) is 0.830. The van der Waals surface area contributed by atoms with Gasteiger partial charge in [-0.05, 0) is 52.7 Å². The molecule has 17 heavy (non-hydrogen) atoms. The van der Waals surface area contributed by atoms with Crippen LogP contribution in [0.25, 0.3) is 0 Å². The van der Waals surface area contributed by atoms with Crippen LogP contribution in [0.1, 0.15) is 5.56 Å². The van der Waals surface area contributed by atoms with E-state index in [4.69, 9.17) is 0 Å². The van der Waals surface area contributed by atoms with Crippen molar-refractivity contribution in [2.75, 3.05) is 11.9 Å². The van der Waals surface area contributed by atoms with E-state index in [9.17, 15) is 4.39 Å². The number of aryl methyl sites for hydroxylation is 1. The second-order valence-corrected chi connectivity index (χ2v) is 4.75. The summed E-state index contributed by atoms with van der Waals surface area (Å²) in [7, 11) is 1.87. The maximum absolute atomic E-state index is 13.2. The molecular weight excluding hydrogens is 283 g/mol. The summed E-state index contributed by atoms with van der Waals surface area (Å²) in [5.74, 6) is 0.572. The molecule has 88 valence electrons. The number of anilines is 2. The topological polar surface area (TPSA) is 16.1 Å². The molecule has 0 amide bonds. The SMILES string of the molecule is Cc1cc(Br)cnc1N(C)c1cccc(F)c1. The standard InChI is InChI=1S/C13H12BrFN2/c1-9-6-10(14)8-16-13(9)17(2)12-5-3-4-11(15)7-12/h3-8H,1-2H3. The van der Waals surface area contributed by atoms with E-state index in [0.717, 1.165) is 21.5 Å². The van der Waals surface area contributed by atoms with Gasteiger partial charge in [0, 0.05) is 23.4 Å². The molecule has 0 aliphatic rings. The molecule has 0 bridgehead atoms. The Hall–Kier alpha value is -1.42. The second kappa shape index (κ2) is 4.84. The van der Waals surface area contributed by atoms with Crippen LogP contribution < -0.4 is 4.90 Å². The predicted octanol–water partition coefficient (Wildman–Crippen LogP) is 4.06. The van der Waals surface area contributed by atoms with Gasteiger partial charge in [0.2, 0.25) is 0 Å². The largest absolute Gasteiger partial charge is 0.329 e. The fourth-order valence-electron chi connectivity index (χ4n) is 1.69. The first-order valence-corrected chi connectivity index (χ1v) is 5.98. The zero-order chi connectivity index (χ0) is 12.4. The van der Waals surface area contributed by atoms with Crippen molar-refractivity contribution in [3.8, 4) is 0 Å². The lowest BCUT2D eigenvalue weighted by atomic mass is 10.2. The van der Waals surface area contributed by atoms with Crippen molar-refractivity contribution < 1.29 is 4.39 Å². The molecular formula is C13H12BrFN2. The van der Waals surface area contributed by atoms with Gasteiger partial charge < -0.3 is 4.90 Å². The van der Waals surface area contributed by atoms with Crippen LogP contribution in [0.2, 0.25) is 0 Å². The minimum absolute atomic E-state index is 0.246. The highest BCUT2D eigenvalue weighted by atomic mass is 79.9. The summed E-state index contributed by atoms with van der Waals surface area (Å²) >= 11 is 3.37. The molecule has 1 aromatic heterocycles. The van der Waals surface area contributed by atoms with Gasteiger partial charge in [-0.1, -0.05) is 6.07 Å². The highest BCUT2D eigenvalue weighted by Crippen LogP contribution is 2.26. The molecule has 0 fully saturated rings. The minimum atomic E-state index is -0.246. The van der Waals surface area contributed by atoms with Crippen molar-refractivity contribution in [3.05, 3.63) is 52.4 Å². The zero-order valence-electron chi connectivity index (χ0n) is 9.61. The van der Waals surface area contributed by atoms with E-state index < -0.39 is 0 Å². The first-order chi connectivity index (χ1) is 8.08. The Kier molecular flexibility index (Phi) is 3.43. The van der Waals surface area contributed by atoms with Gasteiger partial charge in [-0.15, -0.1) is 0 Å². The van der Waals surface area contributed by atoms with Gasteiger partial charge in [0.05, 0.1) is 0 Å². The first-order valence-electron chi connectivity index (χ1n) is 5.19. The Bertz CT molecular complexity index is 543. The molecule has 2 rings (SSSR count). The molecule has 0 saturated heterocycles. The van der Waals surface area contributed by atoms with Crippen LogP contribution in [-0.4, -0.2) is 12.0 Å². The average Bonchev–Trinajstić information content (AvgIpc) is 2.28. The maximum atomic E-state index is 13.2. The highest BCUT2D eigenvalue weighted by Gasteiger charge is 2.09. The van der Waals surface area contributed by atoms with E-state index in [1.54, 1.807) is 12.3 Å². The third-order valence-electron chi connectivity index (χ3n) is 2.53. The summed E-state index contributed by atoms with van der Waals surface area (Å²) in [6, 6.07) is 8.45. The molecule has 2 nitrogen and oxygen atoms in total. The van der Waals surface area contributed by atoms with Crippen molar-refractivity contribution in [1.82, 2.24) is 4.98 Å². The molecule has 4 heteroatoms. The monoisotopic (exact) mass is 294 g/mol. The number of hydrogen-bond donors (Lipinski definition) is 0. The molecule has 0 unspecified atom stereocenters. The van der Waals surface area contributed by atoms with E-state index in [0.29, 0.717) is 0 Å². The fourth-order valence-corrected chi connectivity index (χ4v) is 2.14. The van der Waals surface area contributed by atoms with Crippen LogP contribution in [0.5, 0.6) is 0 Å². The van der Waals surface area contributed by atoms with Crippen LogP contribution >= 0.6 is 15.9 Å². The number of halogens is 2. The van der Waals surface area contributed by atoms with Gasteiger partial charge >= 0.3 is 0 Å². The molecule has 0 saturated carbocycles. The highest BCUT2D eigenvalue weighted by molar-refractivity contribution is 9.10. The van der Waals surface area contributed by atoms with Gasteiger partial charge in [0.15, 0.2) is 0 Å². The number of nitrogens with zero attached hydrogens (tertiary/aromatic N) is 2. The summed E-state index contributed by atoms with van der Waals surface area (Å²) < 4.78 is 14.1. The van der Waals surface area contributed by atoms with Crippen LogP contribution in [0.4, 0.5) is 15.9 Å². The van der Waals surface area contributed by atoms with E-state index in [1.807, 2.05) is 31.0 Å². The molecule has 0 aliphatic heterocycles. The Balaban J connectivity index is 2.40. The summed E-state index contributed by atoms with van der Waals surface area (Å²) in [4.78, 5) is 6.21. The Morgan fingerprint density at radius 1 is 1.29 bits per heavy atom. The summed E-state index contributed by atoms with van der Waals surface area (Å²) in [5.41, 5.74) is 1.81. The summed E-state index contributed by atoms with van der Waals surface area (Å²) in [6.07, 6.45) is 1.73. The van der Waals surface area contributed by atoms with Gasteiger partial charge in [0.25, 0.3) is 0 Å². The lowest BCUT2D eigenvalue weighted by Crippen LogP contribution is -2.12. The molecule has 0 aliphatic carbocycles. The number of hydrogen-bond acceptors (Lipinski definition) is 2. The third-order valence-corrected chi connectivity index (χ3v) is 2.96. The fraction of sp³-hybridized carbons (Fsp3) is 0.154. The molecule has 0 N–H and O–H groups in total. The normalized spacial score (nSPS) is 10.4. The van der Waals surface area contributed by atoms with E-state index in [1.165, 1.54) is 12.1 Å². The second-order valence-electron chi connectivity index (χ2n) is 3.83. The molecule has 2 aromatic rings. The smallest absolute Gasteiger partial charge is 0.135 e. The van der Waals surface area contributed by atoms with Crippen LogP contribution in [0, 0.1) is 12.7 Å². The summed E-state index contributed by atoms with van der Waals surface area (Å²) in [5, 5.41) is 0. The Labute approximate surface area is 108 Å². The molecule has 1 heterocycles. The number of rotatable bonds is 2. The minimum Gasteiger partial charge on any atom is -0.329 e. The van der Waals surface area contributed by atoms with Crippen LogP contribution in [-0.2, 0) is 0 Å². The van der Waals surface area contributed by atoms with Crippen molar-refractivity contribution in [2.24, 2.45) is 0 Å². The van der Waals surface area contributed by atoms with Gasteiger partial charge in [0.1, 0.15) is 11.6 Å². The van der Waals surface area contributed by atoms with Crippen molar-refractivity contribution in [2.45, 2.75) is 6.92 Å². The average molecular weight is 295 g/mol. The predicted molar refractivity (Wildman–Crippen MR) is 71.1 cm³/mol. The zero-order valence-corrected chi connectivity index (χ0v) is 11.2. The lowest BCUT2D eigenvalue weighted by molar-refractivity contribution is 0.628. The van der Waals surface area contributed by atoms with Crippen molar-refractivity contribution in [1.29, 1.82) is 0 Å². The van der Waals surface area contributed by atoms with Gasteiger partial charge in [-0.2, -0.15) is 0 Å². The third kappa shape index (κ3) is 2.64. The lowest BCUT2D eigenvalue weighted by Gasteiger charge is -2.20. The van der Waals surface area contributed by atoms with Gasteiger partial charge in [-0.25, -0.2) is 9.37 Å². The van der Waals surface area contributed by atoms with Crippen LogP contribution in [0.3, 0.4) is 0 Å². The first kappa shape index (κ1) is 12.0. The number of aromatic nitrogens is 1. The Morgan fingerprint density at radius 2 is 2.06 bits per heavy atom. The van der Waals surface area contributed by atoms with Crippen molar-refractivity contribution in [3.63, 3.8) is 0 Å². The summed E-state index contributed by atoms with van der Waals surface area (Å²) in [6.45, 7) is 1.98. The Morgan fingerprint density at radius 3 is 2.71 bits per heavy atom.